The number of carbonyl (C=O) groups excluding carboxylic acids is 2. The first kappa shape index (κ1) is 16.0. The summed E-state index contributed by atoms with van der Waals surface area (Å²) in [7, 11) is 0. The molecule has 3 rings (SSSR count). The molecule has 0 radical (unpaired) electrons. The van der Waals surface area contributed by atoms with Gasteiger partial charge in [0, 0.05) is 19.7 Å². The van der Waals surface area contributed by atoms with Crippen LogP contribution < -0.4 is 5.32 Å². The minimum atomic E-state index is -0.585. The van der Waals surface area contributed by atoms with Crippen molar-refractivity contribution in [2.24, 2.45) is 0 Å². The summed E-state index contributed by atoms with van der Waals surface area (Å²) >= 11 is 0. The Balaban J connectivity index is 1.62. The van der Waals surface area contributed by atoms with Gasteiger partial charge in [-0.15, -0.1) is 0 Å². The van der Waals surface area contributed by atoms with E-state index in [0.29, 0.717) is 13.1 Å². The predicted molar refractivity (Wildman–Crippen MR) is 83.6 cm³/mol. The molecule has 0 spiro atoms. The van der Waals surface area contributed by atoms with Gasteiger partial charge in [0.1, 0.15) is 12.6 Å². The third-order valence-corrected chi connectivity index (χ3v) is 4.22. The Morgan fingerprint density at radius 1 is 1.30 bits per heavy atom. The molecule has 124 valence electrons. The van der Waals surface area contributed by atoms with Gasteiger partial charge < -0.3 is 19.7 Å². The van der Waals surface area contributed by atoms with Crippen LogP contribution in [0.3, 0.4) is 0 Å². The van der Waals surface area contributed by atoms with Gasteiger partial charge >= 0.3 is 0 Å². The number of rotatable bonds is 5. The fraction of sp³-hybridized carbons (Fsp3) is 0.529. The van der Waals surface area contributed by atoms with Crippen LogP contribution in [0.4, 0.5) is 0 Å². The van der Waals surface area contributed by atoms with Gasteiger partial charge in [-0.2, -0.15) is 0 Å². The predicted octanol–water partition coefficient (Wildman–Crippen LogP) is 0.709. The van der Waals surface area contributed by atoms with Gasteiger partial charge in [-0.3, -0.25) is 9.59 Å². The zero-order valence-electron chi connectivity index (χ0n) is 13.1. The minimum Gasteiger partial charge on any atom is -0.376 e. The Morgan fingerprint density at radius 3 is 2.87 bits per heavy atom. The number of hydrogen-bond acceptors (Lipinski definition) is 4. The molecule has 0 aromatic heterocycles. The molecule has 2 aliphatic rings. The van der Waals surface area contributed by atoms with Gasteiger partial charge in [-0.25, -0.2) is 0 Å². The smallest absolute Gasteiger partial charge is 0.249 e. The van der Waals surface area contributed by atoms with Crippen LogP contribution in [0.5, 0.6) is 0 Å². The summed E-state index contributed by atoms with van der Waals surface area (Å²) in [5, 5.41) is 2.89. The highest BCUT2D eigenvalue weighted by Gasteiger charge is 2.34. The first-order chi connectivity index (χ1) is 11.2. The van der Waals surface area contributed by atoms with Crippen LogP contribution >= 0.6 is 0 Å². The van der Waals surface area contributed by atoms with Crippen molar-refractivity contribution in [1.29, 1.82) is 0 Å². The van der Waals surface area contributed by atoms with E-state index in [9.17, 15) is 9.59 Å². The van der Waals surface area contributed by atoms with E-state index in [0.717, 1.165) is 25.0 Å². The van der Waals surface area contributed by atoms with E-state index in [4.69, 9.17) is 9.47 Å². The first-order valence-corrected chi connectivity index (χ1v) is 8.04. The second-order valence-corrected chi connectivity index (χ2v) is 5.92. The Kier molecular flexibility index (Phi) is 5.25. The van der Waals surface area contributed by atoms with Crippen molar-refractivity contribution in [2.75, 3.05) is 26.4 Å². The van der Waals surface area contributed by atoms with Gasteiger partial charge in [-0.1, -0.05) is 30.3 Å². The van der Waals surface area contributed by atoms with E-state index < -0.39 is 6.04 Å². The molecule has 6 heteroatoms. The van der Waals surface area contributed by atoms with Crippen LogP contribution in [0.2, 0.25) is 0 Å². The molecule has 0 saturated carbocycles. The third-order valence-electron chi connectivity index (χ3n) is 4.22. The molecular formula is C17H22N2O4. The van der Waals surface area contributed by atoms with Crippen molar-refractivity contribution < 1.29 is 19.1 Å². The quantitative estimate of drug-likeness (QED) is 0.868. The number of carbonyl (C=O) groups is 2. The summed E-state index contributed by atoms with van der Waals surface area (Å²) in [5.74, 6) is -0.332. The van der Waals surface area contributed by atoms with Crippen LogP contribution in [0.1, 0.15) is 18.4 Å². The lowest BCUT2D eigenvalue weighted by Crippen LogP contribution is -2.56. The summed E-state index contributed by atoms with van der Waals surface area (Å²) in [6.45, 7) is 1.92. The number of hydrogen-bond donors (Lipinski definition) is 1. The molecule has 2 heterocycles. The number of morpholine rings is 1. The maximum Gasteiger partial charge on any atom is 0.249 e. The SMILES string of the molecule is O=C(NC[C@@H]1CCCO1)[C@@H]1COCC(=O)N1Cc1ccccc1. The summed E-state index contributed by atoms with van der Waals surface area (Å²) in [6, 6.07) is 9.09. The number of ether oxygens (including phenoxy) is 2. The zero-order valence-corrected chi connectivity index (χ0v) is 13.1. The highest BCUT2D eigenvalue weighted by atomic mass is 16.5. The molecule has 1 N–H and O–H groups in total. The summed E-state index contributed by atoms with van der Waals surface area (Å²) < 4.78 is 10.8. The lowest BCUT2D eigenvalue weighted by Gasteiger charge is -2.34. The average Bonchev–Trinajstić information content (AvgIpc) is 3.09. The second kappa shape index (κ2) is 7.57. The van der Waals surface area contributed by atoms with Crippen LogP contribution in [-0.4, -0.2) is 55.2 Å². The van der Waals surface area contributed by atoms with E-state index in [-0.39, 0.29) is 31.1 Å². The molecule has 6 nitrogen and oxygen atoms in total. The van der Waals surface area contributed by atoms with Gasteiger partial charge in [0.2, 0.25) is 11.8 Å². The molecule has 2 aliphatic heterocycles. The average molecular weight is 318 g/mol. The largest absolute Gasteiger partial charge is 0.376 e. The molecule has 2 fully saturated rings. The van der Waals surface area contributed by atoms with Gasteiger partial charge in [-0.05, 0) is 18.4 Å². The van der Waals surface area contributed by atoms with E-state index in [1.54, 1.807) is 4.90 Å². The van der Waals surface area contributed by atoms with E-state index in [1.165, 1.54) is 0 Å². The fourth-order valence-electron chi connectivity index (χ4n) is 2.94. The second-order valence-electron chi connectivity index (χ2n) is 5.92. The fourth-order valence-corrected chi connectivity index (χ4v) is 2.94. The molecule has 2 atom stereocenters. The van der Waals surface area contributed by atoms with Crippen molar-refractivity contribution in [3.63, 3.8) is 0 Å². The maximum absolute atomic E-state index is 12.5. The Hall–Kier alpha value is -1.92. The van der Waals surface area contributed by atoms with E-state index in [2.05, 4.69) is 5.32 Å². The zero-order chi connectivity index (χ0) is 16.1. The summed E-state index contributed by atoms with van der Waals surface area (Å²) in [6.07, 6.45) is 2.08. The van der Waals surface area contributed by atoms with Crippen molar-refractivity contribution >= 4 is 11.8 Å². The summed E-state index contributed by atoms with van der Waals surface area (Å²) in [4.78, 5) is 26.2. The lowest BCUT2D eigenvalue weighted by atomic mass is 10.1. The number of nitrogens with one attached hydrogen (secondary N) is 1. The van der Waals surface area contributed by atoms with Crippen LogP contribution in [-0.2, 0) is 25.6 Å². The van der Waals surface area contributed by atoms with Gasteiger partial charge in [0.15, 0.2) is 0 Å². The van der Waals surface area contributed by atoms with Crippen molar-refractivity contribution in [3.8, 4) is 0 Å². The minimum absolute atomic E-state index is 0.0301. The molecule has 2 saturated heterocycles. The van der Waals surface area contributed by atoms with E-state index in [1.807, 2.05) is 30.3 Å². The Morgan fingerprint density at radius 2 is 2.13 bits per heavy atom. The highest BCUT2D eigenvalue weighted by molar-refractivity contribution is 5.89. The molecule has 1 aromatic carbocycles. The molecule has 0 bridgehead atoms. The number of amides is 2. The highest BCUT2D eigenvalue weighted by Crippen LogP contribution is 2.15. The van der Waals surface area contributed by atoms with Crippen LogP contribution in [0.25, 0.3) is 0 Å². The van der Waals surface area contributed by atoms with Crippen LogP contribution in [0.15, 0.2) is 30.3 Å². The number of nitrogens with zero attached hydrogens (tertiary/aromatic N) is 1. The molecule has 0 aliphatic carbocycles. The molecular weight excluding hydrogens is 296 g/mol. The topological polar surface area (TPSA) is 67.9 Å². The van der Waals surface area contributed by atoms with Crippen molar-refractivity contribution in [2.45, 2.75) is 31.5 Å². The van der Waals surface area contributed by atoms with Gasteiger partial charge in [0.05, 0.1) is 12.7 Å². The first-order valence-electron chi connectivity index (χ1n) is 8.04. The molecule has 23 heavy (non-hydrogen) atoms. The van der Waals surface area contributed by atoms with E-state index >= 15 is 0 Å². The van der Waals surface area contributed by atoms with Crippen LogP contribution in [0, 0.1) is 0 Å². The Bertz CT molecular complexity index is 543. The number of benzene rings is 1. The normalized spacial score (nSPS) is 24.7. The van der Waals surface area contributed by atoms with Crippen molar-refractivity contribution in [1.82, 2.24) is 10.2 Å². The Labute approximate surface area is 135 Å². The lowest BCUT2D eigenvalue weighted by molar-refractivity contribution is -0.155. The van der Waals surface area contributed by atoms with Gasteiger partial charge in [0.25, 0.3) is 0 Å². The maximum atomic E-state index is 12.5. The monoisotopic (exact) mass is 318 g/mol. The molecule has 2 amide bonds. The molecule has 0 unspecified atom stereocenters. The third kappa shape index (κ3) is 4.09. The summed E-state index contributed by atoms with van der Waals surface area (Å²) in [5.41, 5.74) is 1.000. The van der Waals surface area contributed by atoms with Crippen molar-refractivity contribution in [3.05, 3.63) is 35.9 Å². The molecule has 1 aromatic rings. The standard InChI is InChI=1S/C17H22N2O4/c20-16-12-22-11-15(17(21)18-9-14-7-4-8-23-14)19(16)10-13-5-2-1-3-6-13/h1-3,5-6,14-15H,4,7-12H2,(H,18,21)/t14-,15-/m0/s1.